The molecule has 1 N–H and O–H groups in total. The van der Waals surface area contributed by atoms with Crippen molar-refractivity contribution in [3.63, 3.8) is 0 Å². The number of rotatable bonds is 2. The fourth-order valence-electron chi connectivity index (χ4n) is 5.25. The highest BCUT2D eigenvalue weighted by molar-refractivity contribution is 6.16. The zero-order valence-corrected chi connectivity index (χ0v) is 20.3. The second-order valence-corrected chi connectivity index (χ2v) is 9.50. The summed E-state index contributed by atoms with van der Waals surface area (Å²) >= 11 is 0. The van der Waals surface area contributed by atoms with Crippen molar-refractivity contribution in [2.45, 2.75) is 12.8 Å². The summed E-state index contributed by atoms with van der Waals surface area (Å²) < 4.78 is 14.2. The van der Waals surface area contributed by atoms with Crippen LogP contribution < -0.4 is 20.5 Å². The van der Waals surface area contributed by atoms with Crippen LogP contribution in [0, 0.1) is 0 Å². The van der Waals surface area contributed by atoms with E-state index >= 15 is 0 Å². The van der Waals surface area contributed by atoms with E-state index in [2.05, 4.69) is 11.9 Å². The van der Waals surface area contributed by atoms with Gasteiger partial charge in [0.1, 0.15) is 30.6 Å². The minimum atomic E-state index is -1.06. The van der Waals surface area contributed by atoms with E-state index in [0.29, 0.717) is 38.6 Å². The van der Waals surface area contributed by atoms with Crippen LogP contribution in [0.2, 0.25) is 0 Å². The third-order valence-corrected chi connectivity index (χ3v) is 7.05. The third kappa shape index (κ3) is 3.31. The van der Waals surface area contributed by atoms with Crippen LogP contribution in [0.25, 0.3) is 44.0 Å². The van der Waals surface area contributed by atoms with Crippen LogP contribution in [0.5, 0.6) is 0 Å². The van der Waals surface area contributed by atoms with Gasteiger partial charge in [-0.3, -0.25) is 0 Å². The van der Waals surface area contributed by atoms with Gasteiger partial charge in [-0.05, 0) is 42.2 Å². The maximum Gasteiger partial charge on any atom is 0.348 e. The largest absolute Gasteiger partial charge is 0.478 e. The normalized spacial score (nSPS) is 13.4. The van der Waals surface area contributed by atoms with Gasteiger partial charge in [-0.25, -0.2) is 14.2 Å². The topological polar surface area (TPSA) is 86.9 Å². The Morgan fingerprint density at radius 2 is 1.78 bits per heavy atom. The lowest BCUT2D eigenvalue weighted by Crippen LogP contribution is -2.24. The van der Waals surface area contributed by atoms with Crippen LogP contribution in [0.4, 0.5) is 5.69 Å². The second kappa shape index (κ2) is 8.09. The Bertz CT molecular complexity index is 1860. The van der Waals surface area contributed by atoms with Crippen LogP contribution >= 0.6 is 0 Å². The molecule has 1 aliphatic heterocycles. The van der Waals surface area contributed by atoms with Crippen LogP contribution in [-0.2, 0) is 6.42 Å². The van der Waals surface area contributed by atoms with Crippen molar-refractivity contribution in [2.24, 2.45) is 0 Å². The van der Waals surface area contributed by atoms with E-state index in [0.717, 1.165) is 36.0 Å². The predicted molar refractivity (Wildman–Crippen MR) is 141 cm³/mol. The number of aryl methyl sites for hydroxylation is 1. The third-order valence-electron chi connectivity index (χ3n) is 7.05. The number of benzene rings is 3. The minimum absolute atomic E-state index is 0.114. The maximum absolute atomic E-state index is 13.5. The molecule has 0 unspecified atom stereocenters. The molecule has 3 aromatic carbocycles. The molecule has 0 saturated heterocycles. The summed E-state index contributed by atoms with van der Waals surface area (Å²) in [5.41, 5.74) is 4.13. The molecule has 0 spiro atoms. The van der Waals surface area contributed by atoms with E-state index in [1.165, 1.54) is 0 Å². The first-order valence-corrected chi connectivity index (χ1v) is 11.9. The number of anilines is 1. The Balaban J connectivity index is 1.86. The first kappa shape index (κ1) is 22.1. The number of carbonyl (C=O) groups is 1. The molecule has 1 aliphatic rings. The molecule has 5 aromatic rings. The molecule has 6 rings (SSSR count). The molecule has 0 atom stereocenters. The Kier molecular flexibility index (Phi) is 4.96. The van der Waals surface area contributed by atoms with E-state index in [1.807, 2.05) is 42.9 Å². The fourth-order valence-corrected chi connectivity index (χ4v) is 5.25. The smallest absolute Gasteiger partial charge is 0.348 e. The van der Waals surface area contributed by atoms with Crippen molar-refractivity contribution < 1.29 is 18.7 Å². The summed E-state index contributed by atoms with van der Waals surface area (Å²) in [6.07, 6.45) is 1.91. The van der Waals surface area contributed by atoms with Gasteiger partial charge in [0, 0.05) is 42.4 Å². The quantitative estimate of drug-likeness (QED) is 0.173. The first-order valence-electron chi connectivity index (χ1n) is 11.9. The van der Waals surface area contributed by atoms with Gasteiger partial charge in [0.2, 0.25) is 5.36 Å². The van der Waals surface area contributed by atoms with Crippen molar-refractivity contribution >= 4 is 44.6 Å². The molecule has 0 fully saturated rings. The molecular weight excluding hydrogens is 456 g/mol. The van der Waals surface area contributed by atoms with Gasteiger partial charge in [-0.1, -0.05) is 18.2 Å². The van der Waals surface area contributed by atoms with Crippen molar-refractivity contribution in [3.8, 4) is 11.1 Å². The standard InChI is InChI=1S/C29H24N2O5/c1-30(2)17-10-11-20-23(14-17)36-29(34)26-25(18-8-4-5-9-19(18)28(32)33)21-13-16-7-6-12-31(3)22(16)15-24(21)35-27(20)26/h4-5,8-11,13-15H,6-7,12H2,1-3H3/p+1. The van der Waals surface area contributed by atoms with Gasteiger partial charge in [-0.2, -0.15) is 0 Å². The Morgan fingerprint density at radius 1 is 1.00 bits per heavy atom. The monoisotopic (exact) mass is 481 g/mol. The Hall–Kier alpha value is -4.39. The Morgan fingerprint density at radius 3 is 2.56 bits per heavy atom. The molecule has 0 aliphatic carbocycles. The predicted octanol–water partition coefficient (Wildman–Crippen LogP) is 4.47. The molecule has 36 heavy (non-hydrogen) atoms. The highest BCUT2D eigenvalue weighted by Gasteiger charge is 2.25. The van der Waals surface area contributed by atoms with Crippen molar-refractivity contribution in [1.29, 1.82) is 0 Å². The molecule has 180 valence electrons. The number of hydrogen-bond donors (Lipinski definition) is 1. The molecule has 0 radical (unpaired) electrons. The summed E-state index contributed by atoms with van der Waals surface area (Å²) in [5.74, 6) is -1.06. The second-order valence-electron chi connectivity index (χ2n) is 9.50. The van der Waals surface area contributed by atoms with Gasteiger partial charge in [0.15, 0.2) is 5.58 Å². The molecule has 7 heteroatoms. The average Bonchev–Trinajstić information content (AvgIpc) is 2.86. The van der Waals surface area contributed by atoms with Crippen LogP contribution in [0.1, 0.15) is 22.3 Å². The zero-order chi connectivity index (χ0) is 25.1. The number of fused-ring (bicyclic) bond motifs is 5. The SMILES string of the molecule is CN1CCCc2cc3c(-c4ccccc4C(=O)O)c4c(=O)oc5cc(=[N+](C)C)ccc5c4oc3cc21. The lowest BCUT2D eigenvalue weighted by molar-refractivity contribution is 0.0697. The highest BCUT2D eigenvalue weighted by Crippen LogP contribution is 2.41. The van der Waals surface area contributed by atoms with Gasteiger partial charge < -0.3 is 18.8 Å². The van der Waals surface area contributed by atoms with Crippen LogP contribution in [-0.4, -0.2) is 38.8 Å². The van der Waals surface area contributed by atoms with E-state index in [-0.39, 0.29) is 10.9 Å². The number of nitrogens with zero attached hydrogens (tertiary/aromatic N) is 2. The molecule has 7 nitrogen and oxygen atoms in total. The summed E-state index contributed by atoms with van der Waals surface area (Å²) in [6, 6.07) is 16.4. The van der Waals surface area contributed by atoms with Crippen LogP contribution in [0.15, 0.2) is 68.2 Å². The molecule has 3 heterocycles. The summed E-state index contributed by atoms with van der Waals surface area (Å²) in [5, 5.41) is 12.5. The van der Waals surface area contributed by atoms with Crippen molar-refractivity contribution in [3.05, 3.63) is 81.5 Å². The van der Waals surface area contributed by atoms with E-state index in [4.69, 9.17) is 8.83 Å². The maximum atomic E-state index is 13.5. The molecule has 0 amide bonds. The van der Waals surface area contributed by atoms with Crippen molar-refractivity contribution in [1.82, 2.24) is 4.58 Å². The van der Waals surface area contributed by atoms with Gasteiger partial charge in [-0.15, -0.1) is 0 Å². The molecule has 0 bridgehead atoms. The van der Waals surface area contributed by atoms with Gasteiger partial charge in [0.05, 0.1) is 17.0 Å². The fraction of sp³-hybridized carbons (Fsp3) is 0.207. The summed E-state index contributed by atoms with van der Waals surface area (Å²) in [6.45, 7) is 0.945. The first-order chi connectivity index (χ1) is 17.3. The molecule has 2 aromatic heterocycles. The van der Waals surface area contributed by atoms with Crippen molar-refractivity contribution in [2.75, 3.05) is 32.6 Å². The highest BCUT2D eigenvalue weighted by atomic mass is 16.4. The molecular formula is C29H25N2O5+. The summed E-state index contributed by atoms with van der Waals surface area (Å²) in [4.78, 5) is 27.9. The molecule has 0 saturated carbocycles. The van der Waals surface area contributed by atoms with Crippen LogP contribution in [0.3, 0.4) is 0 Å². The lowest BCUT2D eigenvalue weighted by Gasteiger charge is -2.28. The number of aromatic carboxylic acids is 1. The number of carboxylic acid groups (broad SMARTS) is 1. The van der Waals surface area contributed by atoms with Gasteiger partial charge in [0.25, 0.3) is 0 Å². The minimum Gasteiger partial charge on any atom is -0.478 e. The van der Waals surface area contributed by atoms with E-state index in [1.54, 1.807) is 30.3 Å². The van der Waals surface area contributed by atoms with E-state index < -0.39 is 11.6 Å². The van der Waals surface area contributed by atoms with E-state index in [9.17, 15) is 14.7 Å². The lowest BCUT2D eigenvalue weighted by atomic mass is 9.91. The summed E-state index contributed by atoms with van der Waals surface area (Å²) in [7, 11) is 5.88. The number of hydrogen-bond acceptors (Lipinski definition) is 5. The zero-order valence-electron chi connectivity index (χ0n) is 20.3. The number of carboxylic acids is 1. The van der Waals surface area contributed by atoms with Gasteiger partial charge >= 0.3 is 11.6 Å². The Labute approximate surface area is 206 Å². The average molecular weight is 482 g/mol.